The highest BCUT2D eigenvalue weighted by atomic mass is 32.2. The van der Waals surface area contributed by atoms with E-state index in [0.717, 1.165) is 25.9 Å². The molecule has 1 aliphatic heterocycles. The molecule has 0 unspecified atom stereocenters. The predicted molar refractivity (Wildman–Crippen MR) is 154 cm³/mol. The Morgan fingerprint density at radius 2 is 1.70 bits per heavy atom. The number of piperidine rings is 1. The molecule has 1 aliphatic carbocycles. The molecule has 0 radical (unpaired) electrons. The van der Waals surface area contributed by atoms with Crippen LogP contribution in [0.3, 0.4) is 0 Å². The van der Waals surface area contributed by atoms with Crippen LogP contribution in [0.2, 0.25) is 0 Å². The summed E-state index contributed by atoms with van der Waals surface area (Å²) in [6, 6.07) is 8.04. The molecule has 0 atom stereocenters. The number of aromatic nitrogens is 2. The first kappa shape index (κ1) is 28.4. The molecule has 40 heavy (non-hydrogen) atoms. The molecule has 1 amide bonds. The molecule has 13 heteroatoms. The minimum Gasteiger partial charge on any atom is -0.395 e. The van der Waals surface area contributed by atoms with Crippen LogP contribution >= 0.6 is 0 Å². The number of pyridine rings is 1. The van der Waals surface area contributed by atoms with Crippen LogP contribution < -0.4 is 14.9 Å². The summed E-state index contributed by atoms with van der Waals surface area (Å²) in [7, 11) is -7.44. The highest BCUT2D eigenvalue weighted by molar-refractivity contribution is 7.93. The third-order valence-electron chi connectivity index (χ3n) is 7.81. The molecule has 1 saturated heterocycles. The van der Waals surface area contributed by atoms with Crippen molar-refractivity contribution in [2.75, 3.05) is 40.4 Å². The highest BCUT2D eigenvalue weighted by Crippen LogP contribution is 2.54. The summed E-state index contributed by atoms with van der Waals surface area (Å²) in [6.07, 6.45) is 7.32. The van der Waals surface area contributed by atoms with Crippen LogP contribution in [-0.2, 0) is 19.9 Å². The smallest absolute Gasteiger partial charge is 0.257 e. The Morgan fingerprint density at radius 3 is 2.33 bits per heavy atom. The first-order valence-corrected chi connectivity index (χ1v) is 16.4. The average molecular weight is 590 g/mol. The fraction of sp³-hybridized carbons (Fsp3) is 0.481. The minimum atomic E-state index is -3.74. The van der Waals surface area contributed by atoms with E-state index in [-0.39, 0.29) is 5.03 Å². The number of benzene rings is 1. The Kier molecular flexibility index (Phi) is 7.12. The van der Waals surface area contributed by atoms with Gasteiger partial charge in [0.25, 0.3) is 5.91 Å². The molecule has 1 aromatic carbocycles. The Labute approximate surface area is 234 Å². The van der Waals surface area contributed by atoms with E-state index in [9.17, 15) is 21.6 Å². The monoisotopic (exact) mass is 589 g/mol. The Morgan fingerprint density at radius 1 is 1.02 bits per heavy atom. The largest absolute Gasteiger partial charge is 0.395 e. The molecule has 2 aromatic heterocycles. The van der Waals surface area contributed by atoms with Crippen LogP contribution in [-0.4, -0.2) is 67.4 Å². The van der Waals surface area contributed by atoms with E-state index in [0.29, 0.717) is 33.7 Å². The van der Waals surface area contributed by atoms with Gasteiger partial charge in [-0.1, -0.05) is 0 Å². The number of carbonyl (C=O) groups is 1. The van der Waals surface area contributed by atoms with Gasteiger partial charge in [0, 0.05) is 19.3 Å². The molecule has 1 spiro atoms. The molecule has 3 heterocycles. The zero-order valence-corrected chi connectivity index (χ0v) is 24.5. The number of anilines is 3. The van der Waals surface area contributed by atoms with E-state index in [1.54, 1.807) is 45.0 Å². The van der Waals surface area contributed by atoms with Gasteiger partial charge in [-0.3, -0.25) is 13.9 Å². The summed E-state index contributed by atoms with van der Waals surface area (Å²) >= 11 is 0. The maximum absolute atomic E-state index is 13.6. The summed E-state index contributed by atoms with van der Waals surface area (Å²) in [5.74, 6) is -0.841. The summed E-state index contributed by atoms with van der Waals surface area (Å²) in [4.78, 5) is 19.9. The summed E-state index contributed by atoms with van der Waals surface area (Å²) in [5, 5.41) is 12.0. The number of aliphatic hydroxyl groups excluding tert-OH is 1. The van der Waals surface area contributed by atoms with E-state index in [1.807, 2.05) is 0 Å². The van der Waals surface area contributed by atoms with Gasteiger partial charge in [0.2, 0.25) is 19.9 Å². The number of nitrogens with zero attached hydrogens (tertiary/aromatic N) is 3. The summed E-state index contributed by atoms with van der Waals surface area (Å²) < 4.78 is 53.7. The molecule has 3 aromatic rings. The van der Waals surface area contributed by atoms with Crippen LogP contribution in [0.25, 0.3) is 5.65 Å². The van der Waals surface area contributed by atoms with Gasteiger partial charge in [-0.2, -0.15) is 0 Å². The second kappa shape index (κ2) is 10.0. The van der Waals surface area contributed by atoms with Gasteiger partial charge in [-0.15, -0.1) is 0 Å². The van der Waals surface area contributed by atoms with Crippen LogP contribution in [0, 0.1) is 5.41 Å². The Balaban J connectivity index is 1.46. The first-order valence-electron chi connectivity index (χ1n) is 13.3. The summed E-state index contributed by atoms with van der Waals surface area (Å²) in [5.41, 5.74) is 2.51. The van der Waals surface area contributed by atoms with Crippen molar-refractivity contribution in [1.29, 1.82) is 0 Å². The van der Waals surface area contributed by atoms with Crippen LogP contribution in [0.5, 0.6) is 0 Å². The molecule has 0 bridgehead atoms. The van der Waals surface area contributed by atoms with Crippen molar-refractivity contribution in [3.8, 4) is 0 Å². The lowest BCUT2D eigenvalue weighted by Crippen LogP contribution is -2.35. The van der Waals surface area contributed by atoms with Crippen molar-refractivity contribution < 1.29 is 26.7 Å². The van der Waals surface area contributed by atoms with E-state index < -0.39 is 42.9 Å². The van der Waals surface area contributed by atoms with Gasteiger partial charge in [0.05, 0.1) is 45.9 Å². The number of nitrogens with one attached hydrogen (secondary N) is 2. The molecule has 1 saturated carbocycles. The normalized spacial score (nSPS) is 17.2. The lowest BCUT2D eigenvalue weighted by atomic mass is 9.93. The lowest BCUT2D eigenvalue weighted by molar-refractivity contribution is 0.102. The van der Waals surface area contributed by atoms with Crippen molar-refractivity contribution in [2.24, 2.45) is 5.41 Å². The number of imidazole rings is 1. The number of fused-ring (bicyclic) bond motifs is 1. The zero-order chi connectivity index (χ0) is 28.9. The average Bonchev–Trinajstić information content (AvgIpc) is 3.48. The number of rotatable bonds is 8. The Bertz CT molecular complexity index is 1660. The standard InChI is InChI=1S/C27H35N5O6S2/c1-26(2,3)40(37,38)24-17-28-23-7-5-20(18-32(23)24)29-25(34)21-6-4-19(30-39(35,36)15-14-33)16-22(21)31-12-10-27(8-9-27)11-13-31/h4-7,16-18,30,33H,8-15H2,1-3H3,(H,29,34). The fourth-order valence-corrected chi connectivity index (χ4v) is 7.09. The number of hydrogen-bond donors (Lipinski definition) is 3. The molecular formula is C27H35N5O6S2. The van der Waals surface area contributed by atoms with Gasteiger partial charge in [0.1, 0.15) is 5.65 Å². The van der Waals surface area contributed by atoms with Gasteiger partial charge in [-0.25, -0.2) is 21.8 Å². The molecular weight excluding hydrogens is 554 g/mol. The first-order chi connectivity index (χ1) is 18.7. The number of hydrogen-bond acceptors (Lipinski definition) is 8. The number of carbonyl (C=O) groups excluding carboxylic acids is 1. The highest BCUT2D eigenvalue weighted by Gasteiger charge is 2.44. The van der Waals surface area contributed by atoms with Crippen molar-refractivity contribution in [3.05, 3.63) is 48.3 Å². The maximum Gasteiger partial charge on any atom is 0.257 e. The van der Waals surface area contributed by atoms with E-state index in [1.165, 1.54) is 35.7 Å². The second-order valence-corrected chi connectivity index (χ2v) is 16.2. The minimum absolute atomic E-state index is 0.0358. The topological polar surface area (TPSA) is 150 Å². The van der Waals surface area contributed by atoms with Crippen molar-refractivity contribution in [2.45, 2.75) is 56.2 Å². The van der Waals surface area contributed by atoms with Crippen LogP contribution in [0.15, 0.2) is 47.8 Å². The van der Waals surface area contributed by atoms with Gasteiger partial charge in [-0.05, 0) is 82.2 Å². The van der Waals surface area contributed by atoms with Gasteiger partial charge < -0.3 is 15.3 Å². The molecule has 2 aliphatic rings. The SMILES string of the molecule is CC(C)(C)S(=O)(=O)c1cnc2ccc(NC(=O)c3ccc(NS(=O)(=O)CCO)cc3N3CCC4(CC3)CC4)cn12. The third kappa shape index (κ3) is 5.54. The number of sulfonamides is 1. The quantitative estimate of drug-likeness (QED) is 0.362. The third-order valence-corrected chi connectivity index (χ3v) is 11.5. The lowest BCUT2D eigenvalue weighted by Gasteiger charge is -2.35. The van der Waals surface area contributed by atoms with Crippen molar-refractivity contribution in [1.82, 2.24) is 9.38 Å². The number of amides is 1. The molecule has 5 rings (SSSR count). The van der Waals surface area contributed by atoms with Crippen molar-refractivity contribution in [3.63, 3.8) is 0 Å². The molecule has 216 valence electrons. The van der Waals surface area contributed by atoms with E-state index >= 15 is 0 Å². The van der Waals surface area contributed by atoms with Crippen LogP contribution in [0.1, 0.15) is 56.8 Å². The zero-order valence-electron chi connectivity index (χ0n) is 22.8. The maximum atomic E-state index is 13.6. The fourth-order valence-electron chi connectivity index (χ4n) is 5.04. The molecule has 11 nitrogen and oxygen atoms in total. The van der Waals surface area contributed by atoms with Gasteiger partial charge >= 0.3 is 0 Å². The summed E-state index contributed by atoms with van der Waals surface area (Å²) in [6.45, 7) is 5.86. The van der Waals surface area contributed by atoms with E-state index in [4.69, 9.17) is 5.11 Å². The Hall–Kier alpha value is -3.16. The number of aliphatic hydroxyl groups is 1. The van der Waals surface area contributed by atoms with Crippen molar-refractivity contribution >= 4 is 48.5 Å². The van der Waals surface area contributed by atoms with Gasteiger partial charge in [0.15, 0.2) is 5.03 Å². The molecule has 2 fully saturated rings. The number of sulfone groups is 1. The molecule has 3 N–H and O–H groups in total. The second-order valence-electron chi connectivity index (χ2n) is 11.7. The predicted octanol–water partition coefficient (Wildman–Crippen LogP) is 3.27. The van der Waals surface area contributed by atoms with E-state index in [2.05, 4.69) is 19.9 Å². The van der Waals surface area contributed by atoms with Crippen LogP contribution in [0.4, 0.5) is 17.1 Å².